The van der Waals surface area contributed by atoms with Crippen molar-refractivity contribution < 1.29 is 19.1 Å². The molecule has 2 aromatic rings. The second-order valence-electron chi connectivity index (χ2n) is 6.61. The standard InChI is InChI=1S/C23H30N2O4/c1-3-9-23(27)25-19-11-7-10-18(16-19)17-24-22(26)14-8-15-29-21-13-6-5-12-20(21)28-4-2/h5-7,10-13,16H,3-4,8-9,14-15,17H2,1-2H3,(H,24,26)(H,25,27). The van der Waals surface area contributed by atoms with Crippen molar-refractivity contribution in [3.05, 3.63) is 54.1 Å². The van der Waals surface area contributed by atoms with E-state index in [-0.39, 0.29) is 11.8 Å². The van der Waals surface area contributed by atoms with Gasteiger partial charge in [-0.15, -0.1) is 0 Å². The minimum atomic E-state index is -0.0351. The molecule has 0 saturated heterocycles. The number of carbonyl (C=O) groups is 2. The number of anilines is 1. The van der Waals surface area contributed by atoms with Gasteiger partial charge in [-0.05, 0) is 49.6 Å². The fraction of sp³-hybridized carbons (Fsp3) is 0.391. The predicted octanol–water partition coefficient (Wildman–Crippen LogP) is 4.30. The number of hydrogen-bond donors (Lipinski definition) is 2. The number of para-hydroxylation sites is 2. The molecule has 2 aromatic carbocycles. The van der Waals surface area contributed by atoms with E-state index in [0.29, 0.717) is 50.5 Å². The van der Waals surface area contributed by atoms with Gasteiger partial charge in [0.25, 0.3) is 0 Å². The monoisotopic (exact) mass is 398 g/mol. The topological polar surface area (TPSA) is 76.7 Å². The van der Waals surface area contributed by atoms with Crippen molar-refractivity contribution in [3.63, 3.8) is 0 Å². The van der Waals surface area contributed by atoms with Crippen molar-refractivity contribution in [1.82, 2.24) is 5.32 Å². The summed E-state index contributed by atoms with van der Waals surface area (Å²) in [5.74, 6) is 1.37. The highest BCUT2D eigenvalue weighted by Gasteiger charge is 2.06. The molecule has 0 fully saturated rings. The zero-order chi connectivity index (χ0) is 20.9. The minimum Gasteiger partial charge on any atom is -0.490 e. The van der Waals surface area contributed by atoms with E-state index in [9.17, 15) is 9.59 Å². The molecule has 2 N–H and O–H groups in total. The van der Waals surface area contributed by atoms with Crippen LogP contribution in [0, 0.1) is 0 Å². The molecule has 0 atom stereocenters. The molecule has 0 aliphatic rings. The molecule has 0 aliphatic heterocycles. The average Bonchev–Trinajstić information content (AvgIpc) is 2.71. The van der Waals surface area contributed by atoms with Crippen LogP contribution in [0.3, 0.4) is 0 Å². The summed E-state index contributed by atoms with van der Waals surface area (Å²) in [6, 6.07) is 15.0. The van der Waals surface area contributed by atoms with E-state index in [1.54, 1.807) is 0 Å². The van der Waals surface area contributed by atoms with E-state index in [4.69, 9.17) is 9.47 Å². The summed E-state index contributed by atoms with van der Waals surface area (Å²) in [7, 11) is 0. The van der Waals surface area contributed by atoms with E-state index < -0.39 is 0 Å². The van der Waals surface area contributed by atoms with Gasteiger partial charge < -0.3 is 20.1 Å². The molecule has 0 unspecified atom stereocenters. The lowest BCUT2D eigenvalue weighted by Crippen LogP contribution is -2.23. The van der Waals surface area contributed by atoms with Gasteiger partial charge in [0.1, 0.15) is 0 Å². The first-order valence-corrected chi connectivity index (χ1v) is 10.1. The minimum absolute atomic E-state index is 0.000374. The molecule has 0 spiro atoms. The Balaban J connectivity index is 1.70. The molecule has 0 saturated carbocycles. The number of hydrogen-bond acceptors (Lipinski definition) is 4. The summed E-state index contributed by atoms with van der Waals surface area (Å²) in [6.07, 6.45) is 2.30. The van der Waals surface area contributed by atoms with Crippen LogP contribution >= 0.6 is 0 Å². The Kier molecular flexibility index (Phi) is 9.55. The van der Waals surface area contributed by atoms with Gasteiger partial charge >= 0.3 is 0 Å². The SMILES string of the molecule is CCCC(=O)Nc1cccc(CNC(=O)CCCOc2ccccc2OCC)c1. The molecule has 6 heteroatoms. The highest BCUT2D eigenvalue weighted by Crippen LogP contribution is 2.26. The maximum absolute atomic E-state index is 12.1. The molecular formula is C23H30N2O4. The van der Waals surface area contributed by atoms with Gasteiger partial charge in [0, 0.05) is 25.1 Å². The van der Waals surface area contributed by atoms with Gasteiger partial charge in [-0.2, -0.15) is 0 Å². The molecule has 2 rings (SSSR count). The first kappa shape index (κ1) is 22.3. The molecule has 29 heavy (non-hydrogen) atoms. The normalized spacial score (nSPS) is 10.3. The van der Waals surface area contributed by atoms with E-state index in [2.05, 4.69) is 10.6 Å². The molecule has 2 amide bonds. The third-order valence-corrected chi connectivity index (χ3v) is 4.13. The summed E-state index contributed by atoms with van der Waals surface area (Å²) in [6.45, 7) is 5.33. The lowest BCUT2D eigenvalue weighted by molar-refractivity contribution is -0.121. The zero-order valence-corrected chi connectivity index (χ0v) is 17.2. The van der Waals surface area contributed by atoms with Crippen molar-refractivity contribution in [2.24, 2.45) is 0 Å². The Morgan fingerprint density at radius 2 is 1.66 bits per heavy atom. The highest BCUT2D eigenvalue weighted by molar-refractivity contribution is 5.90. The third-order valence-electron chi connectivity index (χ3n) is 4.13. The van der Waals surface area contributed by atoms with Crippen LogP contribution in [0.4, 0.5) is 5.69 Å². The van der Waals surface area contributed by atoms with Gasteiger partial charge in [-0.1, -0.05) is 31.2 Å². The number of ether oxygens (including phenoxy) is 2. The van der Waals surface area contributed by atoms with Crippen LogP contribution in [-0.2, 0) is 16.1 Å². The Labute approximate surface area is 172 Å². The van der Waals surface area contributed by atoms with Crippen LogP contribution in [0.1, 0.15) is 45.1 Å². The van der Waals surface area contributed by atoms with Crippen LogP contribution in [0.5, 0.6) is 11.5 Å². The van der Waals surface area contributed by atoms with Gasteiger partial charge in [0.2, 0.25) is 11.8 Å². The number of carbonyl (C=O) groups excluding carboxylic acids is 2. The first-order chi connectivity index (χ1) is 14.1. The van der Waals surface area contributed by atoms with E-state index >= 15 is 0 Å². The van der Waals surface area contributed by atoms with E-state index in [0.717, 1.165) is 17.7 Å². The Bertz CT molecular complexity index is 792. The van der Waals surface area contributed by atoms with Crippen molar-refractivity contribution in [2.75, 3.05) is 18.5 Å². The molecule has 6 nitrogen and oxygen atoms in total. The highest BCUT2D eigenvalue weighted by atomic mass is 16.5. The number of amides is 2. The van der Waals surface area contributed by atoms with E-state index in [1.165, 1.54) is 0 Å². The lowest BCUT2D eigenvalue weighted by Gasteiger charge is -2.11. The quantitative estimate of drug-likeness (QED) is 0.523. The van der Waals surface area contributed by atoms with Crippen LogP contribution in [-0.4, -0.2) is 25.0 Å². The number of rotatable bonds is 12. The Morgan fingerprint density at radius 1 is 0.897 bits per heavy atom. The summed E-state index contributed by atoms with van der Waals surface area (Å²) in [5, 5.41) is 5.77. The molecule has 0 heterocycles. The summed E-state index contributed by atoms with van der Waals surface area (Å²) < 4.78 is 11.2. The van der Waals surface area contributed by atoms with Crippen LogP contribution < -0.4 is 20.1 Å². The molecule has 0 aliphatic carbocycles. The first-order valence-electron chi connectivity index (χ1n) is 10.1. The molecule has 0 aromatic heterocycles. The largest absolute Gasteiger partial charge is 0.490 e. The van der Waals surface area contributed by atoms with Crippen molar-refractivity contribution in [3.8, 4) is 11.5 Å². The second kappa shape index (κ2) is 12.4. The van der Waals surface area contributed by atoms with Crippen molar-refractivity contribution in [2.45, 2.75) is 46.1 Å². The van der Waals surface area contributed by atoms with Gasteiger partial charge in [-0.3, -0.25) is 9.59 Å². The fourth-order valence-electron chi connectivity index (χ4n) is 2.76. The Morgan fingerprint density at radius 3 is 2.38 bits per heavy atom. The van der Waals surface area contributed by atoms with Crippen molar-refractivity contribution >= 4 is 17.5 Å². The smallest absolute Gasteiger partial charge is 0.224 e. The number of nitrogens with one attached hydrogen (secondary N) is 2. The van der Waals surface area contributed by atoms with Gasteiger partial charge in [0.05, 0.1) is 13.2 Å². The van der Waals surface area contributed by atoms with Crippen LogP contribution in [0.2, 0.25) is 0 Å². The van der Waals surface area contributed by atoms with Gasteiger partial charge in [-0.25, -0.2) is 0 Å². The molecule has 156 valence electrons. The zero-order valence-electron chi connectivity index (χ0n) is 17.2. The number of benzene rings is 2. The fourth-order valence-corrected chi connectivity index (χ4v) is 2.76. The molecule has 0 bridgehead atoms. The summed E-state index contributed by atoms with van der Waals surface area (Å²) in [5.41, 5.74) is 1.69. The lowest BCUT2D eigenvalue weighted by atomic mass is 10.2. The molecular weight excluding hydrogens is 368 g/mol. The van der Waals surface area contributed by atoms with Crippen LogP contribution in [0.25, 0.3) is 0 Å². The molecule has 0 radical (unpaired) electrons. The van der Waals surface area contributed by atoms with Crippen molar-refractivity contribution in [1.29, 1.82) is 0 Å². The van der Waals surface area contributed by atoms with E-state index in [1.807, 2.05) is 62.4 Å². The maximum Gasteiger partial charge on any atom is 0.224 e. The average molecular weight is 399 g/mol. The van der Waals surface area contributed by atoms with Crippen LogP contribution in [0.15, 0.2) is 48.5 Å². The second-order valence-corrected chi connectivity index (χ2v) is 6.61. The van der Waals surface area contributed by atoms with Gasteiger partial charge in [0.15, 0.2) is 11.5 Å². The summed E-state index contributed by atoms with van der Waals surface area (Å²) in [4.78, 5) is 23.8. The summed E-state index contributed by atoms with van der Waals surface area (Å²) >= 11 is 0. The maximum atomic E-state index is 12.1. The Hall–Kier alpha value is -3.02. The third kappa shape index (κ3) is 8.25. The predicted molar refractivity (Wildman–Crippen MR) is 114 cm³/mol.